The molecule has 0 saturated heterocycles. The molecule has 0 bridgehead atoms. The first kappa shape index (κ1) is 10.2. The van der Waals surface area contributed by atoms with Crippen molar-refractivity contribution in [3.05, 3.63) is 36.5 Å². The molecule has 82 valence electrons. The highest BCUT2D eigenvalue weighted by Gasteiger charge is 2.05. The van der Waals surface area contributed by atoms with Crippen molar-refractivity contribution in [2.75, 3.05) is 12.4 Å². The molecule has 0 atom stereocenters. The monoisotopic (exact) mass is 217 g/mol. The quantitative estimate of drug-likeness (QED) is 0.810. The van der Waals surface area contributed by atoms with E-state index in [4.69, 9.17) is 0 Å². The zero-order chi connectivity index (χ0) is 11.4. The zero-order valence-corrected chi connectivity index (χ0v) is 8.73. The highest BCUT2D eigenvalue weighted by molar-refractivity contribution is 5.82. The Labute approximate surface area is 92.5 Å². The molecule has 2 N–H and O–H groups in total. The summed E-state index contributed by atoms with van der Waals surface area (Å²) in [4.78, 5) is 17.9. The van der Waals surface area contributed by atoms with Gasteiger partial charge in [0, 0.05) is 0 Å². The predicted octanol–water partition coefficient (Wildman–Crippen LogP) is 2.25. The van der Waals surface area contributed by atoms with Gasteiger partial charge in [-0.3, -0.25) is 5.32 Å². The summed E-state index contributed by atoms with van der Waals surface area (Å²) in [5.41, 5.74) is 1.85. The number of ether oxygens (including phenoxy) is 1. The van der Waals surface area contributed by atoms with Crippen LogP contribution in [0.15, 0.2) is 36.5 Å². The number of anilines is 1. The van der Waals surface area contributed by atoms with E-state index in [-0.39, 0.29) is 0 Å². The largest absolute Gasteiger partial charge is 0.453 e. The van der Waals surface area contributed by atoms with Crippen molar-refractivity contribution < 1.29 is 9.53 Å². The molecule has 1 amide bonds. The number of amides is 1. The first-order chi connectivity index (χ1) is 7.79. The van der Waals surface area contributed by atoms with Crippen molar-refractivity contribution >= 4 is 12.0 Å². The minimum Gasteiger partial charge on any atom is -0.453 e. The van der Waals surface area contributed by atoms with Crippen LogP contribution in [0.3, 0.4) is 0 Å². The second-order valence-electron chi connectivity index (χ2n) is 3.13. The lowest BCUT2D eigenvalue weighted by Gasteiger charge is -1.98. The number of nitrogens with zero attached hydrogens (tertiary/aromatic N) is 1. The van der Waals surface area contributed by atoms with Crippen molar-refractivity contribution in [2.45, 2.75) is 0 Å². The van der Waals surface area contributed by atoms with E-state index in [0.29, 0.717) is 5.95 Å². The number of aromatic amines is 1. The van der Waals surface area contributed by atoms with Gasteiger partial charge in [-0.25, -0.2) is 9.78 Å². The van der Waals surface area contributed by atoms with Crippen LogP contribution in [-0.4, -0.2) is 23.2 Å². The molecule has 5 nitrogen and oxygen atoms in total. The fraction of sp³-hybridized carbons (Fsp3) is 0.0909. The van der Waals surface area contributed by atoms with Gasteiger partial charge in [0.2, 0.25) is 5.95 Å². The van der Waals surface area contributed by atoms with Gasteiger partial charge >= 0.3 is 6.09 Å². The van der Waals surface area contributed by atoms with Gasteiger partial charge in [-0.15, -0.1) is 0 Å². The Bertz CT molecular complexity index is 479. The molecular formula is C11H11N3O2. The van der Waals surface area contributed by atoms with Gasteiger partial charge in [-0.05, 0) is 5.56 Å². The summed E-state index contributed by atoms with van der Waals surface area (Å²) in [5.74, 6) is 0.366. The SMILES string of the molecule is COC(=O)Nc1ncc(-c2ccccc2)[nH]1. The minimum absolute atomic E-state index is 0.366. The van der Waals surface area contributed by atoms with Gasteiger partial charge < -0.3 is 9.72 Å². The van der Waals surface area contributed by atoms with Crippen molar-refractivity contribution in [2.24, 2.45) is 0 Å². The average Bonchev–Trinajstić information content (AvgIpc) is 2.78. The first-order valence-electron chi connectivity index (χ1n) is 4.75. The third kappa shape index (κ3) is 2.20. The van der Waals surface area contributed by atoms with E-state index >= 15 is 0 Å². The number of imidazole rings is 1. The Balaban J connectivity index is 2.17. The lowest BCUT2D eigenvalue weighted by molar-refractivity contribution is 0.186. The van der Waals surface area contributed by atoms with Crippen LogP contribution in [0.1, 0.15) is 0 Å². The highest BCUT2D eigenvalue weighted by Crippen LogP contribution is 2.17. The minimum atomic E-state index is -0.547. The number of methoxy groups -OCH3 is 1. The second kappa shape index (κ2) is 4.48. The predicted molar refractivity (Wildman–Crippen MR) is 60.1 cm³/mol. The Morgan fingerprint density at radius 1 is 1.38 bits per heavy atom. The molecule has 0 unspecified atom stereocenters. The molecule has 0 aliphatic carbocycles. The topological polar surface area (TPSA) is 67.0 Å². The Morgan fingerprint density at radius 2 is 2.12 bits per heavy atom. The van der Waals surface area contributed by atoms with Crippen LogP contribution in [-0.2, 0) is 4.74 Å². The molecule has 16 heavy (non-hydrogen) atoms. The molecule has 1 heterocycles. The van der Waals surface area contributed by atoms with Crippen molar-refractivity contribution in [3.8, 4) is 11.3 Å². The number of nitrogens with one attached hydrogen (secondary N) is 2. The van der Waals surface area contributed by atoms with E-state index in [1.165, 1.54) is 7.11 Å². The molecule has 2 aromatic rings. The van der Waals surface area contributed by atoms with Gasteiger partial charge in [0.05, 0.1) is 19.0 Å². The summed E-state index contributed by atoms with van der Waals surface area (Å²) in [6.45, 7) is 0. The molecule has 0 saturated carbocycles. The number of hydrogen-bond acceptors (Lipinski definition) is 3. The summed E-state index contributed by atoms with van der Waals surface area (Å²) in [6.07, 6.45) is 1.11. The van der Waals surface area contributed by atoms with Crippen LogP contribution in [0.2, 0.25) is 0 Å². The lowest BCUT2D eigenvalue weighted by Crippen LogP contribution is -2.11. The van der Waals surface area contributed by atoms with Crippen molar-refractivity contribution in [1.29, 1.82) is 0 Å². The van der Waals surface area contributed by atoms with Gasteiger partial charge in [0.1, 0.15) is 0 Å². The van der Waals surface area contributed by atoms with E-state index in [0.717, 1.165) is 11.3 Å². The number of rotatable bonds is 2. The maximum absolute atomic E-state index is 10.9. The Kier molecular flexibility index (Phi) is 2.86. The van der Waals surface area contributed by atoms with Crippen LogP contribution in [0.5, 0.6) is 0 Å². The van der Waals surface area contributed by atoms with Crippen LogP contribution < -0.4 is 5.32 Å². The van der Waals surface area contributed by atoms with Crippen molar-refractivity contribution in [1.82, 2.24) is 9.97 Å². The first-order valence-corrected chi connectivity index (χ1v) is 4.75. The Morgan fingerprint density at radius 3 is 2.81 bits per heavy atom. The Hall–Kier alpha value is -2.30. The maximum Gasteiger partial charge on any atom is 0.413 e. The third-order valence-electron chi connectivity index (χ3n) is 2.07. The molecule has 0 spiro atoms. The summed E-state index contributed by atoms with van der Waals surface area (Å²) in [5, 5.41) is 2.45. The number of hydrogen-bond donors (Lipinski definition) is 2. The van der Waals surface area contributed by atoms with Crippen LogP contribution in [0.4, 0.5) is 10.7 Å². The van der Waals surface area contributed by atoms with E-state index in [1.54, 1.807) is 6.20 Å². The fourth-order valence-electron chi connectivity index (χ4n) is 1.30. The molecule has 0 fully saturated rings. The smallest absolute Gasteiger partial charge is 0.413 e. The van der Waals surface area contributed by atoms with Gasteiger partial charge in [-0.1, -0.05) is 30.3 Å². The molecular weight excluding hydrogens is 206 g/mol. The maximum atomic E-state index is 10.9. The zero-order valence-electron chi connectivity index (χ0n) is 8.73. The van der Waals surface area contributed by atoms with E-state index in [9.17, 15) is 4.79 Å². The summed E-state index contributed by atoms with van der Waals surface area (Å²) < 4.78 is 4.46. The molecule has 1 aromatic heterocycles. The highest BCUT2D eigenvalue weighted by atomic mass is 16.5. The van der Waals surface area contributed by atoms with E-state index in [1.807, 2.05) is 30.3 Å². The number of aromatic nitrogens is 2. The van der Waals surface area contributed by atoms with Crippen molar-refractivity contribution in [3.63, 3.8) is 0 Å². The van der Waals surface area contributed by atoms with Crippen LogP contribution in [0.25, 0.3) is 11.3 Å². The van der Waals surface area contributed by atoms with Crippen LogP contribution in [0, 0.1) is 0 Å². The molecule has 2 rings (SSSR count). The van der Waals surface area contributed by atoms with E-state index in [2.05, 4.69) is 20.0 Å². The van der Waals surface area contributed by atoms with Crippen LogP contribution >= 0.6 is 0 Å². The standard InChI is InChI=1S/C11H11N3O2/c1-16-11(15)14-10-12-7-9(13-10)8-5-3-2-4-6-8/h2-7H,1H3,(H2,12,13,14,15). The number of carbonyl (C=O) groups is 1. The molecule has 0 radical (unpaired) electrons. The number of H-pyrrole nitrogens is 1. The second-order valence-corrected chi connectivity index (χ2v) is 3.13. The summed E-state index contributed by atoms with van der Waals surface area (Å²) in [7, 11) is 1.30. The molecule has 5 heteroatoms. The number of carbonyl (C=O) groups excluding carboxylic acids is 1. The normalized spacial score (nSPS) is 9.81. The fourth-order valence-corrected chi connectivity index (χ4v) is 1.30. The van der Waals surface area contributed by atoms with Gasteiger partial charge in [-0.2, -0.15) is 0 Å². The number of benzene rings is 1. The molecule has 0 aliphatic rings. The van der Waals surface area contributed by atoms with Gasteiger partial charge in [0.15, 0.2) is 0 Å². The summed E-state index contributed by atoms with van der Waals surface area (Å²) in [6, 6.07) is 9.71. The summed E-state index contributed by atoms with van der Waals surface area (Å²) >= 11 is 0. The molecule has 0 aliphatic heterocycles. The average molecular weight is 217 g/mol. The van der Waals surface area contributed by atoms with Gasteiger partial charge in [0.25, 0.3) is 0 Å². The lowest BCUT2D eigenvalue weighted by atomic mass is 10.2. The molecule has 1 aromatic carbocycles. The van der Waals surface area contributed by atoms with E-state index < -0.39 is 6.09 Å². The third-order valence-corrected chi connectivity index (χ3v) is 2.07.